The minimum Gasteiger partial charge on any atom is -0.354 e. The van der Waals surface area contributed by atoms with Gasteiger partial charge in [0.05, 0.1) is 0 Å². The monoisotopic (exact) mass is 406 g/mol. The van der Waals surface area contributed by atoms with Crippen LogP contribution in [0.2, 0.25) is 0 Å². The number of hydrogen-bond donors (Lipinski definition) is 0. The summed E-state index contributed by atoms with van der Waals surface area (Å²) < 4.78 is 27.2. The van der Waals surface area contributed by atoms with Crippen LogP contribution in [-0.4, -0.2) is 68.4 Å². The third-order valence-corrected chi connectivity index (χ3v) is 8.49. The molecule has 3 heterocycles. The number of anilines is 1. The van der Waals surface area contributed by atoms with Gasteiger partial charge in [-0.05, 0) is 43.7 Å². The minimum atomic E-state index is -3.39. The quantitative estimate of drug-likeness (QED) is 0.752. The molecule has 0 aromatic carbocycles. The van der Waals surface area contributed by atoms with Gasteiger partial charge >= 0.3 is 0 Å². The average Bonchev–Trinajstić information content (AvgIpc) is 2.76. The number of hydrogen-bond acceptors (Lipinski definition) is 5. The van der Waals surface area contributed by atoms with Crippen LogP contribution in [0.4, 0.5) is 5.82 Å². The summed E-state index contributed by atoms with van der Waals surface area (Å²) in [5.41, 5.74) is 0. The van der Waals surface area contributed by atoms with E-state index in [1.807, 2.05) is 6.07 Å². The summed E-state index contributed by atoms with van der Waals surface area (Å²) >= 11 is 0. The number of nitrogens with zero attached hydrogens (tertiary/aromatic N) is 4. The Bertz CT molecular complexity index is 717. The minimum absolute atomic E-state index is 0.328. The van der Waals surface area contributed by atoms with Crippen LogP contribution in [0.3, 0.4) is 0 Å². The first-order valence-corrected chi connectivity index (χ1v) is 12.5. The molecule has 7 heteroatoms. The number of piperidine rings is 1. The summed E-state index contributed by atoms with van der Waals surface area (Å²) in [5.74, 6) is 1.78. The molecule has 1 aromatic rings. The van der Waals surface area contributed by atoms with E-state index < -0.39 is 10.0 Å². The van der Waals surface area contributed by atoms with Crippen molar-refractivity contribution in [1.82, 2.24) is 14.2 Å². The Morgan fingerprint density at radius 1 is 0.857 bits per heavy atom. The van der Waals surface area contributed by atoms with Gasteiger partial charge in [0.2, 0.25) is 10.0 Å². The van der Waals surface area contributed by atoms with E-state index in [4.69, 9.17) is 0 Å². The van der Waals surface area contributed by atoms with Gasteiger partial charge < -0.3 is 4.90 Å². The first kappa shape index (κ1) is 20.1. The standard InChI is InChI=1S/C21H34N4O2S/c26-28(27,25-11-5-2-6-12-25)20-9-10-21(22-17-20)24-15-13-23(14-16-24)18-19-7-3-1-4-8-19/h9-10,17,19H,1-8,11-16,18H2. The molecule has 0 unspecified atom stereocenters. The van der Waals surface area contributed by atoms with E-state index in [0.29, 0.717) is 18.0 Å². The van der Waals surface area contributed by atoms with Crippen molar-refractivity contribution in [2.24, 2.45) is 5.92 Å². The van der Waals surface area contributed by atoms with Crippen LogP contribution in [0.25, 0.3) is 0 Å². The third kappa shape index (κ3) is 4.69. The molecule has 1 aliphatic carbocycles. The number of aromatic nitrogens is 1. The Hall–Kier alpha value is -1.18. The van der Waals surface area contributed by atoms with Crippen molar-refractivity contribution in [3.8, 4) is 0 Å². The van der Waals surface area contributed by atoms with E-state index in [0.717, 1.165) is 57.2 Å². The molecule has 1 aromatic heterocycles. The molecular formula is C21H34N4O2S. The van der Waals surface area contributed by atoms with Crippen LogP contribution in [-0.2, 0) is 10.0 Å². The van der Waals surface area contributed by atoms with E-state index in [1.54, 1.807) is 16.6 Å². The molecule has 4 rings (SSSR count). The highest BCUT2D eigenvalue weighted by Crippen LogP contribution is 2.26. The summed E-state index contributed by atoms with van der Waals surface area (Å²) in [7, 11) is -3.39. The molecule has 0 bridgehead atoms. The second-order valence-corrected chi connectivity index (χ2v) is 10.5. The van der Waals surface area contributed by atoms with Crippen LogP contribution in [0.15, 0.2) is 23.2 Å². The van der Waals surface area contributed by atoms with E-state index in [9.17, 15) is 8.42 Å². The van der Waals surface area contributed by atoms with Crippen LogP contribution in [0.5, 0.6) is 0 Å². The second-order valence-electron chi connectivity index (χ2n) is 8.61. The van der Waals surface area contributed by atoms with Gasteiger partial charge in [-0.1, -0.05) is 25.7 Å². The maximum Gasteiger partial charge on any atom is 0.244 e. The lowest BCUT2D eigenvalue weighted by atomic mass is 9.89. The lowest BCUT2D eigenvalue weighted by Gasteiger charge is -2.37. The molecule has 1 saturated carbocycles. The lowest BCUT2D eigenvalue weighted by Crippen LogP contribution is -2.48. The molecule has 0 spiro atoms. The first-order chi connectivity index (χ1) is 13.6. The van der Waals surface area contributed by atoms with E-state index in [2.05, 4.69) is 14.8 Å². The van der Waals surface area contributed by atoms with Crippen LogP contribution in [0.1, 0.15) is 51.4 Å². The Morgan fingerprint density at radius 2 is 1.54 bits per heavy atom. The topological polar surface area (TPSA) is 56.8 Å². The highest BCUT2D eigenvalue weighted by atomic mass is 32.2. The van der Waals surface area contributed by atoms with Crippen molar-refractivity contribution in [2.45, 2.75) is 56.3 Å². The molecule has 2 aliphatic heterocycles. The normalized spacial score (nSPS) is 23.8. The highest BCUT2D eigenvalue weighted by molar-refractivity contribution is 7.89. The first-order valence-electron chi connectivity index (χ1n) is 11.1. The summed E-state index contributed by atoms with van der Waals surface area (Å²) in [5, 5.41) is 0. The summed E-state index contributed by atoms with van der Waals surface area (Å²) in [6.07, 6.45) is 11.6. The molecule has 2 saturated heterocycles. The fourth-order valence-corrected chi connectivity index (χ4v) is 6.32. The van der Waals surface area contributed by atoms with Crippen molar-refractivity contribution in [3.63, 3.8) is 0 Å². The zero-order valence-electron chi connectivity index (χ0n) is 16.9. The molecule has 3 fully saturated rings. The van der Waals surface area contributed by atoms with Gasteiger partial charge in [0.15, 0.2) is 0 Å². The summed E-state index contributed by atoms with van der Waals surface area (Å²) in [6.45, 7) is 6.60. The van der Waals surface area contributed by atoms with Crippen molar-refractivity contribution < 1.29 is 8.42 Å². The Kier molecular flexibility index (Phi) is 6.53. The Morgan fingerprint density at radius 3 is 2.18 bits per heavy atom. The van der Waals surface area contributed by atoms with Gasteiger partial charge in [-0.3, -0.25) is 4.90 Å². The lowest BCUT2D eigenvalue weighted by molar-refractivity contribution is 0.192. The Balaban J connectivity index is 1.32. The third-order valence-electron chi connectivity index (χ3n) is 6.61. The molecule has 0 radical (unpaired) electrons. The predicted molar refractivity (Wildman–Crippen MR) is 112 cm³/mol. The van der Waals surface area contributed by atoms with Crippen LogP contribution >= 0.6 is 0 Å². The molecule has 28 heavy (non-hydrogen) atoms. The zero-order chi connectivity index (χ0) is 19.4. The van der Waals surface area contributed by atoms with Gasteiger partial charge in [-0.2, -0.15) is 4.31 Å². The molecule has 0 N–H and O–H groups in total. The number of piperazine rings is 1. The zero-order valence-corrected chi connectivity index (χ0v) is 17.7. The smallest absolute Gasteiger partial charge is 0.244 e. The molecule has 3 aliphatic rings. The van der Waals surface area contributed by atoms with Gasteiger partial charge in [0.25, 0.3) is 0 Å². The number of pyridine rings is 1. The maximum atomic E-state index is 12.8. The largest absolute Gasteiger partial charge is 0.354 e. The molecule has 6 nitrogen and oxygen atoms in total. The number of rotatable bonds is 5. The maximum absolute atomic E-state index is 12.8. The molecular weight excluding hydrogens is 372 g/mol. The number of sulfonamides is 1. The van der Waals surface area contributed by atoms with Gasteiger partial charge in [-0.25, -0.2) is 13.4 Å². The predicted octanol–water partition coefficient (Wildman–Crippen LogP) is 2.96. The van der Waals surface area contributed by atoms with E-state index >= 15 is 0 Å². The second kappa shape index (κ2) is 9.09. The van der Waals surface area contributed by atoms with Gasteiger partial charge in [-0.15, -0.1) is 0 Å². The SMILES string of the molecule is O=S(=O)(c1ccc(N2CCN(CC3CCCCC3)CC2)nc1)N1CCCCC1. The fraction of sp³-hybridized carbons (Fsp3) is 0.762. The summed E-state index contributed by atoms with van der Waals surface area (Å²) in [6, 6.07) is 3.62. The molecule has 0 amide bonds. The van der Waals surface area contributed by atoms with E-state index in [1.165, 1.54) is 38.6 Å². The van der Waals surface area contributed by atoms with Gasteiger partial charge in [0, 0.05) is 52.0 Å². The summed E-state index contributed by atoms with van der Waals surface area (Å²) in [4.78, 5) is 9.72. The Labute approximate surface area is 170 Å². The van der Waals surface area contributed by atoms with Crippen molar-refractivity contribution in [2.75, 3.05) is 50.7 Å². The average molecular weight is 407 g/mol. The van der Waals surface area contributed by atoms with Crippen LogP contribution < -0.4 is 4.90 Å². The molecule has 156 valence electrons. The van der Waals surface area contributed by atoms with E-state index in [-0.39, 0.29) is 0 Å². The van der Waals surface area contributed by atoms with Crippen molar-refractivity contribution in [1.29, 1.82) is 0 Å². The van der Waals surface area contributed by atoms with Crippen LogP contribution in [0, 0.1) is 5.92 Å². The van der Waals surface area contributed by atoms with Crippen molar-refractivity contribution >= 4 is 15.8 Å². The van der Waals surface area contributed by atoms with Gasteiger partial charge in [0.1, 0.15) is 10.7 Å². The molecule has 0 atom stereocenters. The highest BCUT2D eigenvalue weighted by Gasteiger charge is 2.27. The van der Waals surface area contributed by atoms with Crippen molar-refractivity contribution in [3.05, 3.63) is 18.3 Å². The fourth-order valence-electron chi connectivity index (χ4n) is 4.86.